The van der Waals surface area contributed by atoms with Crippen LogP contribution < -0.4 is 14.8 Å². The van der Waals surface area contributed by atoms with Crippen LogP contribution in [0.25, 0.3) is 0 Å². The first-order valence-corrected chi connectivity index (χ1v) is 8.45. The van der Waals surface area contributed by atoms with Crippen LogP contribution in [0.4, 0.5) is 4.39 Å². The summed E-state index contributed by atoms with van der Waals surface area (Å²) in [7, 11) is 3.27. The molecule has 0 amide bonds. The van der Waals surface area contributed by atoms with Crippen LogP contribution >= 0.6 is 11.6 Å². The van der Waals surface area contributed by atoms with Gasteiger partial charge < -0.3 is 19.5 Å². The summed E-state index contributed by atoms with van der Waals surface area (Å²) in [5, 5.41) is 3.92. The second-order valence-electron chi connectivity index (χ2n) is 5.53. The van der Waals surface area contributed by atoms with Gasteiger partial charge >= 0.3 is 0 Å². The number of halogens is 2. The molecular weight excluding hydrogens is 345 g/mol. The molecular formula is C19H23ClFNO3. The van der Waals surface area contributed by atoms with Crippen molar-refractivity contribution in [2.24, 2.45) is 0 Å². The van der Waals surface area contributed by atoms with Crippen molar-refractivity contribution in [2.75, 3.05) is 27.4 Å². The Balaban J connectivity index is 1.98. The molecule has 0 aliphatic heterocycles. The van der Waals surface area contributed by atoms with Crippen LogP contribution in [0.1, 0.15) is 17.5 Å². The van der Waals surface area contributed by atoms with Crippen LogP contribution in [0, 0.1) is 5.82 Å². The highest BCUT2D eigenvalue weighted by Crippen LogP contribution is 2.34. The van der Waals surface area contributed by atoms with Crippen molar-refractivity contribution in [3.8, 4) is 11.5 Å². The molecule has 0 fully saturated rings. The van der Waals surface area contributed by atoms with Crippen LogP contribution in [-0.4, -0.2) is 27.4 Å². The van der Waals surface area contributed by atoms with Gasteiger partial charge in [-0.05, 0) is 42.3 Å². The minimum absolute atomic E-state index is 0.272. The third kappa shape index (κ3) is 6.20. The van der Waals surface area contributed by atoms with Crippen molar-refractivity contribution in [2.45, 2.75) is 19.6 Å². The van der Waals surface area contributed by atoms with Gasteiger partial charge in [-0.15, -0.1) is 0 Å². The van der Waals surface area contributed by atoms with Gasteiger partial charge in [0.15, 0.2) is 11.5 Å². The summed E-state index contributed by atoms with van der Waals surface area (Å²) in [4.78, 5) is 0. The summed E-state index contributed by atoms with van der Waals surface area (Å²) >= 11 is 6.35. The van der Waals surface area contributed by atoms with Crippen LogP contribution in [0.5, 0.6) is 11.5 Å². The number of benzene rings is 2. The third-order valence-electron chi connectivity index (χ3n) is 3.66. The van der Waals surface area contributed by atoms with Crippen molar-refractivity contribution in [3.63, 3.8) is 0 Å². The Morgan fingerprint density at radius 1 is 1.08 bits per heavy atom. The minimum Gasteiger partial charge on any atom is -0.493 e. The average Bonchev–Trinajstić information content (AvgIpc) is 2.62. The Hall–Kier alpha value is -1.82. The first-order valence-electron chi connectivity index (χ1n) is 8.07. The molecule has 0 spiro atoms. The van der Waals surface area contributed by atoms with Crippen molar-refractivity contribution < 1.29 is 18.6 Å². The van der Waals surface area contributed by atoms with Gasteiger partial charge in [-0.25, -0.2) is 4.39 Å². The molecule has 136 valence electrons. The van der Waals surface area contributed by atoms with Crippen molar-refractivity contribution in [1.29, 1.82) is 0 Å². The molecule has 25 heavy (non-hydrogen) atoms. The van der Waals surface area contributed by atoms with E-state index in [0.717, 1.165) is 30.7 Å². The average molecular weight is 368 g/mol. The second kappa shape index (κ2) is 10.2. The molecule has 2 aromatic carbocycles. The lowest BCUT2D eigenvalue weighted by molar-refractivity contribution is 0.194. The van der Waals surface area contributed by atoms with E-state index in [4.69, 9.17) is 25.8 Å². The molecule has 2 rings (SSSR count). The lowest BCUT2D eigenvalue weighted by atomic mass is 10.2. The zero-order chi connectivity index (χ0) is 18.1. The molecule has 0 saturated heterocycles. The standard InChI is InChI=1S/C19H23ClFNO3/c1-23-9-3-8-22-12-15-10-18(24-2)19(11-17(15)20)25-13-14-4-6-16(21)7-5-14/h4-7,10-11,22H,3,8-9,12-13H2,1-2H3. The first-order chi connectivity index (χ1) is 12.1. The van der Waals surface area contributed by atoms with E-state index in [1.54, 1.807) is 32.4 Å². The molecule has 0 saturated carbocycles. The summed E-state index contributed by atoms with van der Waals surface area (Å²) in [6.07, 6.45) is 0.935. The van der Waals surface area contributed by atoms with Gasteiger partial charge in [-0.1, -0.05) is 23.7 Å². The Labute approximate surface area is 152 Å². The zero-order valence-corrected chi connectivity index (χ0v) is 15.2. The fraction of sp³-hybridized carbons (Fsp3) is 0.368. The summed E-state index contributed by atoms with van der Waals surface area (Å²) < 4.78 is 29.1. The molecule has 0 bridgehead atoms. The van der Waals surface area contributed by atoms with Gasteiger partial charge in [0, 0.05) is 31.4 Å². The second-order valence-corrected chi connectivity index (χ2v) is 5.94. The first kappa shape index (κ1) is 19.5. The van der Waals surface area contributed by atoms with E-state index in [1.807, 2.05) is 6.07 Å². The van der Waals surface area contributed by atoms with E-state index in [2.05, 4.69) is 5.32 Å². The van der Waals surface area contributed by atoms with Gasteiger partial charge in [0.2, 0.25) is 0 Å². The maximum atomic E-state index is 12.9. The maximum absolute atomic E-state index is 12.9. The van der Waals surface area contributed by atoms with E-state index in [-0.39, 0.29) is 5.82 Å². The topological polar surface area (TPSA) is 39.7 Å². The van der Waals surface area contributed by atoms with Crippen LogP contribution in [-0.2, 0) is 17.9 Å². The highest BCUT2D eigenvalue weighted by molar-refractivity contribution is 6.31. The number of nitrogens with one attached hydrogen (secondary N) is 1. The van der Waals surface area contributed by atoms with Crippen molar-refractivity contribution in [3.05, 3.63) is 58.4 Å². The van der Waals surface area contributed by atoms with Crippen molar-refractivity contribution in [1.82, 2.24) is 5.32 Å². The van der Waals surface area contributed by atoms with Gasteiger partial charge in [-0.2, -0.15) is 0 Å². The number of methoxy groups -OCH3 is 2. The third-order valence-corrected chi connectivity index (χ3v) is 4.01. The van der Waals surface area contributed by atoms with Gasteiger partial charge in [0.25, 0.3) is 0 Å². The Morgan fingerprint density at radius 3 is 2.52 bits per heavy atom. The molecule has 6 heteroatoms. The SMILES string of the molecule is COCCCNCc1cc(OC)c(OCc2ccc(F)cc2)cc1Cl. The maximum Gasteiger partial charge on any atom is 0.163 e. The molecule has 0 unspecified atom stereocenters. The lowest BCUT2D eigenvalue weighted by Crippen LogP contribution is -2.16. The van der Waals surface area contributed by atoms with E-state index >= 15 is 0 Å². The van der Waals surface area contributed by atoms with Gasteiger partial charge in [0.05, 0.1) is 7.11 Å². The van der Waals surface area contributed by atoms with Gasteiger partial charge in [-0.3, -0.25) is 0 Å². The van der Waals surface area contributed by atoms with E-state index in [0.29, 0.717) is 29.7 Å². The number of rotatable bonds is 10. The van der Waals surface area contributed by atoms with Crippen molar-refractivity contribution >= 4 is 11.6 Å². The zero-order valence-electron chi connectivity index (χ0n) is 14.5. The highest BCUT2D eigenvalue weighted by atomic mass is 35.5. The van der Waals surface area contributed by atoms with E-state index < -0.39 is 0 Å². The Morgan fingerprint density at radius 2 is 1.84 bits per heavy atom. The number of ether oxygens (including phenoxy) is 3. The monoisotopic (exact) mass is 367 g/mol. The van der Waals surface area contributed by atoms with Gasteiger partial charge in [0.1, 0.15) is 12.4 Å². The quantitative estimate of drug-likeness (QED) is 0.639. The largest absolute Gasteiger partial charge is 0.493 e. The fourth-order valence-electron chi connectivity index (χ4n) is 2.29. The number of hydrogen-bond donors (Lipinski definition) is 1. The highest BCUT2D eigenvalue weighted by Gasteiger charge is 2.11. The van der Waals surface area contributed by atoms with Crippen LogP contribution in [0.2, 0.25) is 5.02 Å². The summed E-state index contributed by atoms with van der Waals surface area (Å²) in [6.45, 7) is 2.51. The molecule has 0 radical (unpaired) electrons. The Bertz CT molecular complexity index is 664. The number of hydrogen-bond acceptors (Lipinski definition) is 4. The Kier molecular flexibility index (Phi) is 7.98. The summed E-state index contributed by atoms with van der Waals surface area (Å²) in [5.41, 5.74) is 1.80. The molecule has 0 atom stereocenters. The van der Waals surface area contributed by atoms with Crippen LogP contribution in [0.3, 0.4) is 0 Å². The molecule has 0 aromatic heterocycles. The predicted octanol–water partition coefficient (Wildman–Crippen LogP) is 4.19. The molecule has 1 N–H and O–H groups in total. The molecule has 4 nitrogen and oxygen atoms in total. The predicted molar refractivity (Wildman–Crippen MR) is 96.9 cm³/mol. The van der Waals surface area contributed by atoms with Crippen LogP contribution in [0.15, 0.2) is 36.4 Å². The molecule has 0 heterocycles. The minimum atomic E-state index is -0.272. The normalized spacial score (nSPS) is 10.7. The fourth-order valence-corrected chi connectivity index (χ4v) is 2.51. The van der Waals surface area contributed by atoms with E-state index in [1.165, 1.54) is 12.1 Å². The van der Waals surface area contributed by atoms with E-state index in [9.17, 15) is 4.39 Å². The lowest BCUT2D eigenvalue weighted by Gasteiger charge is -2.14. The molecule has 0 aliphatic rings. The smallest absolute Gasteiger partial charge is 0.163 e. The summed E-state index contributed by atoms with van der Waals surface area (Å²) in [5.74, 6) is 0.895. The summed E-state index contributed by atoms with van der Waals surface area (Å²) in [6, 6.07) is 9.79. The molecule has 0 aliphatic carbocycles. The molecule has 2 aromatic rings.